The lowest BCUT2D eigenvalue weighted by Gasteiger charge is -2.46. The Morgan fingerprint density at radius 1 is 0.213 bits per heavy atom. The predicted molar refractivity (Wildman–Crippen MR) is 592 cm³/mol. The highest BCUT2D eigenvalue weighted by Gasteiger charge is 2.48. The predicted octanol–water partition coefficient (Wildman–Crippen LogP) is 34.7. The highest BCUT2D eigenvalue weighted by Crippen LogP contribution is 2.59. The van der Waals surface area contributed by atoms with Gasteiger partial charge in [-0.1, -0.05) is 389 Å². The van der Waals surface area contributed by atoms with E-state index in [1.54, 1.807) is 64.6 Å². The molecule has 0 amide bonds. The molecule has 0 bridgehead atoms. The zero-order chi connectivity index (χ0) is 118. The number of anilines is 6. The molecule has 0 radical (unpaired) electrons. The van der Waals surface area contributed by atoms with E-state index in [2.05, 4.69) is 243 Å². The molecule has 20 rings (SSSR count). The van der Waals surface area contributed by atoms with Gasteiger partial charge in [0, 0.05) is 88.7 Å². The second-order valence-corrected chi connectivity index (χ2v) is 48.1. The monoisotopic (exact) mass is 1810 g/mol. The lowest BCUT2D eigenvalue weighted by atomic mass is 9.33. The van der Waals surface area contributed by atoms with Crippen molar-refractivity contribution in [1.29, 1.82) is 0 Å². The molecule has 0 fully saturated rings. The van der Waals surface area contributed by atoms with Gasteiger partial charge >= 0.3 is 0 Å². The summed E-state index contributed by atoms with van der Waals surface area (Å²) in [6.07, 6.45) is 0. The van der Waals surface area contributed by atoms with Crippen molar-refractivity contribution in [2.45, 2.75) is 262 Å². The number of nitrogens with zero attached hydrogens (tertiary/aromatic N) is 5. The quantitative estimate of drug-likeness (QED) is 0.134. The fraction of sp³-hybridized carbons (Fsp3) is 0.308. The van der Waals surface area contributed by atoms with E-state index in [0.717, 1.165) is 66.3 Å². The van der Waals surface area contributed by atoms with Gasteiger partial charge < -0.3 is 23.5 Å². The van der Waals surface area contributed by atoms with E-state index in [-0.39, 0.29) is 146 Å². The molecular formula is C130H138BN5. The molecule has 686 valence electrons. The third-order valence-electron chi connectivity index (χ3n) is 27.7. The number of rotatable bonds is 9. The molecule has 0 saturated carbocycles. The molecule has 18 aromatic rings. The average molecular weight is 1810 g/mol. The molecule has 5 nitrogen and oxygen atoms in total. The SMILES string of the molecule is [2H]c1c([2H])c(C(C)(C)C)c([2H])c([2H])c1-c1c([2H])c(C(C)(C)C)c([2H])c(-c2c([2H])c(C(C)(C)C)c([2H])c([2H])c2C(C)(C)C)c1N1c2cc(-n3c4c([2H])c([2H])c([2H])c([2H])c4c4c([2H])c([2H])c([2H])c([2H])c43)ccc2B2c3ccc(-n4c5ccc(C(C)(C)C)cc5c5cc(C(C)(C)C)ccc54)cc3N(c3c(-c4ccc(C(C)(C)C)cc4)cc(C(C)(C)C)cc3-c3ccc(C(C)(C)C)cc3C(C)(C)C)c3cc(-n4c5c([2H])c([2H])c([2H])c([2H])c5c5c([2H])c([2H])c([2H])c([2H])c54)cc1c32. The molecule has 3 aromatic heterocycles. The fourth-order valence-corrected chi connectivity index (χ4v) is 20.0. The standard InChI is InChI=1S/C130H138BN5/c1-121(2,3)81-51-47-79(48-52-81)97-70-87(127(19,20)21)72-102(92-61-55-86(126(16,17)18)74-105(92)130(28,29)30)119(97)135-114-76-90(133-112-65-57-84(124(10,11)12)68-100(112)101-69-85(125(13,14)15)58-66-113(101)133)60-64-106(114)131-107-63-59-89(132-108-43-35-31-39-93(108)94-40-32-36-44-109(94)132)75-115(107)136(117-78-91(77-116(135)118(117)131)134-110-45-37-33-41-95(110)96-42-34-38-46-111(96)134)120-98(80-49-53-82(54-50-80)122(4,5)6)71-88(128(22,23)24)73-103(120)99-67-83(123(7,8)9)56-62-104(99)129(25,26)27/h31-78H,1-30H3/i31D,32D,33D,34D,35D,36D,37D,38D,39D,40D,41D,42D,43D,44D,45D,46D,49D,50D,53D,54D,56D,62D,67D,71D,73D. The summed E-state index contributed by atoms with van der Waals surface area (Å²) in [5.41, 5.74) is 3.13. The maximum atomic E-state index is 12.1. The van der Waals surface area contributed by atoms with E-state index in [1.165, 1.54) is 9.13 Å². The minimum absolute atomic E-state index is 0.000852. The highest BCUT2D eigenvalue weighted by molar-refractivity contribution is 7.00. The molecular weight excluding hydrogens is 1640 g/mol. The van der Waals surface area contributed by atoms with Crippen molar-refractivity contribution in [3.8, 4) is 61.6 Å². The van der Waals surface area contributed by atoms with Gasteiger partial charge in [-0.2, -0.15) is 0 Å². The summed E-state index contributed by atoms with van der Waals surface area (Å²) in [5, 5.41) is 0.767. The van der Waals surface area contributed by atoms with Crippen LogP contribution in [0.3, 0.4) is 0 Å². The van der Waals surface area contributed by atoms with Crippen molar-refractivity contribution < 1.29 is 34.3 Å². The smallest absolute Gasteiger partial charge is 0.252 e. The molecule has 2 aliphatic rings. The molecule has 136 heavy (non-hydrogen) atoms. The minimum Gasteiger partial charge on any atom is -0.310 e. The number of fused-ring (bicyclic) bond motifs is 13. The summed E-state index contributed by atoms with van der Waals surface area (Å²) in [6, 6.07) is 32.7. The van der Waals surface area contributed by atoms with E-state index in [4.69, 9.17) is 0 Å². The second kappa shape index (κ2) is 31.5. The van der Waals surface area contributed by atoms with Crippen molar-refractivity contribution >= 4 is 123 Å². The van der Waals surface area contributed by atoms with E-state index in [1.807, 2.05) is 53.7 Å². The Kier molecular flexibility index (Phi) is 15.3. The maximum absolute atomic E-state index is 12.1. The van der Waals surface area contributed by atoms with Crippen LogP contribution in [0.5, 0.6) is 0 Å². The molecule has 0 saturated heterocycles. The summed E-state index contributed by atoms with van der Waals surface area (Å²) < 4.78 is 266. The summed E-state index contributed by atoms with van der Waals surface area (Å²) in [4.78, 5) is 3.96. The number of aromatic nitrogens is 3. The van der Waals surface area contributed by atoms with Crippen molar-refractivity contribution in [3.05, 3.63) is 346 Å². The first-order valence-corrected chi connectivity index (χ1v) is 47.8. The van der Waals surface area contributed by atoms with Gasteiger partial charge in [-0.3, -0.25) is 0 Å². The van der Waals surface area contributed by atoms with Crippen LogP contribution in [0.2, 0.25) is 0 Å². The Morgan fingerprint density at radius 3 is 1.01 bits per heavy atom. The summed E-state index contributed by atoms with van der Waals surface area (Å²) in [7, 11) is 0. The number of benzene rings is 15. The normalized spacial score (nSPS) is 16.3. The van der Waals surface area contributed by atoms with E-state index < -0.39 is 189 Å². The molecule has 0 spiro atoms. The van der Waals surface area contributed by atoms with Gasteiger partial charge in [0.25, 0.3) is 6.71 Å². The Labute approximate surface area is 845 Å². The fourth-order valence-electron chi connectivity index (χ4n) is 20.0. The van der Waals surface area contributed by atoms with E-state index in [0.29, 0.717) is 44.6 Å². The first-order chi connectivity index (χ1) is 74.2. The van der Waals surface area contributed by atoms with Crippen LogP contribution in [0.25, 0.3) is 127 Å². The third kappa shape index (κ3) is 15.4. The Bertz CT molecular complexity index is 9290. The van der Waals surface area contributed by atoms with E-state index in [9.17, 15) is 34.3 Å². The van der Waals surface area contributed by atoms with Crippen LogP contribution in [0.1, 0.15) is 298 Å². The topological polar surface area (TPSA) is 21.3 Å². The molecule has 0 atom stereocenters. The summed E-state index contributed by atoms with van der Waals surface area (Å²) in [6.45, 7) is 59.6. The Balaban J connectivity index is 1.15. The van der Waals surface area contributed by atoms with Crippen LogP contribution in [-0.4, -0.2) is 20.4 Å². The van der Waals surface area contributed by atoms with Gasteiger partial charge in [-0.25, -0.2) is 0 Å². The van der Waals surface area contributed by atoms with Gasteiger partial charge in [0.15, 0.2) is 0 Å². The third-order valence-corrected chi connectivity index (χ3v) is 27.7. The minimum atomic E-state index is -1.38. The van der Waals surface area contributed by atoms with Crippen molar-refractivity contribution in [2.24, 2.45) is 0 Å². The van der Waals surface area contributed by atoms with Gasteiger partial charge in [0.1, 0.15) is 0 Å². The largest absolute Gasteiger partial charge is 0.310 e. The van der Waals surface area contributed by atoms with Crippen LogP contribution in [0.15, 0.2) is 291 Å². The van der Waals surface area contributed by atoms with Crippen LogP contribution in [0.4, 0.5) is 34.1 Å². The average Bonchev–Trinajstić information content (AvgIpc) is 1.67. The van der Waals surface area contributed by atoms with Crippen LogP contribution < -0.4 is 26.2 Å². The molecule has 15 aromatic carbocycles. The molecule has 0 N–H and O–H groups in total. The van der Waals surface area contributed by atoms with Gasteiger partial charge in [0.2, 0.25) is 0 Å². The lowest BCUT2D eigenvalue weighted by molar-refractivity contribution is 0.569. The van der Waals surface area contributed by atoms with Crippen LogP contribution >= 0.6 is 0 Å². The van der Waals surface area contributed by atoms with Crippen molar-refractivity contribution in [2.75, 3.05) is 9.80 Å². The number of hydrogen-bond donors (Lipinski definition) is 0. The lowest BCUT2D eigenvalue weighted by Crippen LogP contribution is -2.61. The second-order valence-electron chi connectivity index (χ2n) is 48.1. The molecule has 0 unspecified atom stereocenters. The highest BCUT2D eigenvalue weighted by atomic mass is 15.2. The molecule has 6 heteroatoms. The van der Waals surface area contributed by atoms with E-state index >= 15 is 0 Å². The van der Waals surface area contributed by atoms with Crippen molar-refractivity contribution in [1.82, 2.24) is 13.7 Å². The summed E-state index contributed by atoms with van der Waals surface area (Å²) in [5.74, 6) is 0. The maximum Gasteiger partial charge on any atom is 0.252 e. The van der Waals surface area contributed by atoms with Gasteiger partial charge in [-0.05, 0) is 257 Å². The summed E-state index contributed by atoms with van der Waals surface area (Å²) >= 11 is 0. The zero-order valence-corrected chi connectivity index (χ0v) is 84.6. The number of para-hydroxylation sites is 4. The van der Waals surface area contributed by atoms with Gasteiger partial charge in [0.05, 0.1) is 84.4 Å². The van der Waals surface area contributed by atoms with Crippen molar-refractivity contribution in [3.63, 3.8) is 0 Å². The molecule has 0 aliphatic carbocycles. The molecule has 5 heterocycles. The Hall–Kier alpha value is -12.6. The Morgan fingerprint density at radius 2 is 0.574 bits per heavy atom. The van der Waals surface area contributed by atoms with Gasteiger partial charge in [-0.15, -0.1) is 0 Å². The van der Waals surface area contributed by atoms with Crippen LogP contribution in [-0.2, 0) is 54.1 Å². The first-order valence-electron chi connectivity index (χ1n) is 60.3. The zero-order valence-electron chi connectivity index (χ0n) is 110. The first kappa shape index (κ1) is 65.9. The van der Waals surface area contributed by atoms with Crippen LogP contribution in [0, 0.1) is 0 Å². The molecule has 2 aliphatic heterocycles. The number of hydrogen-bond acceptors (Lipinski definition) is 2.